The van der Waals surface area contributed by atoms with Crippen molar-refractivity contribution in [2.24, 2.45) is 0 Å². The number of carbonyl (C=O) groups excluding carboxylic acids is 2. The Balaban J connectivity index is 1.92. The minimum atomic E-state index is -0.556. The van der Waals surface area contributed by atoms with E-state index in [1.54, 1.807) is 19.5 Å². The minimum Gasteiger partial charge on any atom is -0.497 e. The average Bonchev–Trinajstić information content (AvgIpc) is 3.16. The molecule has 0 unspecified atom stereocenters. The summed E-state index contributed by atoms with van der Waals surface area (Å²) in [5, 5.41) is 13.6. The number of rotatable bonds is 6. The summed E-state index contributed by atoms with van der Waals surface area (Å²) >= 11 is 1.18. The lowest BCUT2D eigenvalue weighted by Crippen LogP contribution is -2.38. The first kappa shape index (κ1) is 19.4. The third-order valence-electron chi connectivity index (χ3n) is 3.71. The second kappa shape index (κ2) is 9.00. The Labute approximate surface area is 165 Å². The van der Waals surface area contributed by atoms with E-state index in [1.165, 1.54) is 18.8 Å². The molecule has 10 heteroatoms. The highest BCUT2D eigenvalue weighted by Gasteiger charge is 2.18. The van der Waals surface area contributed by atoms with Crippen LogP contribution in [0.2, 0.25) is 0 Å². The standard InChI is InChI=1S/C18H18N6O3S/c1-19-17(26)21-15(25)11-28-18-23-22-16(12-7-9-20-10-8-12)24(18)13-3-5-14(27-2)6-4-13/h3-10H,11H2,1-2H3,(H2,19,21,25,26). The van der Waals surface area contributed by atoms with Crippen molar-refractivity contribution < 1.29 is 14.3 Å². The van der Waals surface area contributed by atoms with Crippen molar-refractivity contribution >= 4 is 23.7 Å². The zero-order valence-electron chi connectivity index (χ0n) is 15.2. The van der Waals surface area contributed by atoms with Gasteiger partial charge in [-0.2, -0.15) is 0 Å². The van der Waals surface area contributed by atoms with Crippen molar-refractivity contribution in [2.45, 2.75) is 5.16 Å². The Hall–Kier alpha value is -3.40. The Morgan fingerprint density at radius 3 is 2.46 bits per heavy atom. The van der Waals surface area contributed by atoms with Crippen molar-refractivity contribution in [3.8, 4) is 22.8 Å². The molecule has 2 heterocycles. The quantitative estimate of drug-likeness (QED) is 0.610. The van der Waals surface area contributed by atoms with Crippen LogP contribution in [0, 0.1) is 0 Å². The highest BCUT2D eigenvalue weighted by atomic mass is 32.2. The van der Waals surface area contributed by atoms with Crippen LogP contribution in [-0.2, 0) is 4.79 Å². The lowest BCUT2D eigenvalue weighted by atomic mass is 10.2. The van der Waals surface area contributed by atoms with Crippen LogP contribution in [0.15, 0.2) is 53.9 Å². The van der Waals surface area contributed by atoms with Crippen LogP contribution in [0.5, 0.6) is 5.75 Å². The normalized spacial score (nSPS) is 10.4. The Morgan fingerprint density at radius 2 is 1.82 bits per heavy atom. The first-order valence-corrected chi connectivity index (χ1v) is 9.25. The fraction of sp³-hybridized carbons (Fsp3) is 0.167. The molecule has 28 heavy (non-hydrogen) atoms. The first-order valence-electron chi connectivity index (χ1n) is 8.27. The summed E-state index contributed by atoms with van der Waals surface area (Å²) in [5.74, 6) is 0.917. The highest BCUT2D eigenvalue weighted by molar-refractivity contribution is 7.99. The van der Waals surface area contributed by atoms with E-state index in [-0.39, 0.29) is 5.75 Å². The molecule has 3 aromatic rings. The summed E-state index contributed by atoms with van der Waals surface area (Å²) in [6, 6.07) is 10.5. The molecule has 2 N–H and O–H groups in total. The van der Waals surface area contributed by atoms with Crippen molar-refractivity contribution in [1.82, 2.24) is 30.4 Å². The molecule has 2 aromatic heterocycles. The summed E-state index contributed by atoms with van der Waals surface area (Å²) in [7, 11) is 3.04. The van der Waals surface area contributed by atoms with Gasteiger partial charge in [-0.1, -0.05) is 11.8 Å². The first-order chi connectivity index (χ1) is 13.6. The van der Waals surface area contributed by atoms with E-state index in [1.807, 2.05) is 41.0 Å². The van der Waals surface area contributed by atoms with Gasteiger partial charge in [-0.15, -0.1) is 10.2 Å². The number of benzene rings is 1. The number of hydrogen-bond acceptors (Lipinski definition) is 7. The molecule has 0 spiro atoms. The summed E-state index contributed by atoms with van der Waals surface area (Å²) < 4.78 is 7.05. The lowest BCUT2D eigenvalue weighted by molar-refractivity contribution is -0.117. The smallest absolute Gasteiger partial charge is 0.321 e. The highest BCUT2D eigenvalue weighted by Crippen LogP contribution is 2.28. The monoisotopic (exact) mass is 398 g/mol. The SMILES string of the molecule is CNC(=O)NC(=O)CSc1nnc(-c2ccncc2)n1-c1ccc(OC)cc1. The molecule has 3 rings (SSSR count). The van der Waals surface area contributed by atoms with E-state index in [2.05, 4.69) is 25.8 Å². The number of carbonyl (C=O) groups is 2. The van der Waals surface area contributed by atoms with Gasteiger partial charge in [-0.25, -0.2) is 4.79 Å². The maximum atomic E-state index is 11.9. The molecule has 9 nitrogen and oxygen atoms in total. The van der Waals surface area contributed by atoms with Crippen molar-refractivity contribution in [3.63, 3.8) is 0 Å². The second-order valence-corrected chi connectivity index (χ2v) is 6.43. The molecule has 0 bridgehead atoms. The molecule has 0 radical (unpaired) electrons. The Morgan fingerprint density at radius 1 is 1.11 bits per heavy atom. The number of ether oxygens (including phenoxy) is 1. The number of hydrogen-bond donors (Lipinski definition) is 2. The lowest BCUT2D eigenvalue weighted by Gasteiger charge is -2.11. The zero-order valence-corrected chi connectivity index (χ0v) is 16.1. The number of methoxy groups -OCH3 is 1. The second-order valence-electron chi connectivity index (χ2n) is 5.49. The molecule has 0 aliphatic heterocycles. The summed E-state index contributed by atoms with van der Waals surface area (Å²) in [6.07, 6.45) is 3.35. The zero-order chi connectivity index (χ0) is 19.9. The van der Waals surface area contributed by atoms with Crippen molar-refractivity contribution in [1.29, 1.82) is 0 Å². The molecule has 1 aromatic carbocycles. The van der Waals surface area contributed by atoms with Crippen molar-refractivity contribution in [2.75, 3.05) is 19.9 Å². The predicted molar refractivity (Wildman–Crippen MR) is 104 cm³/mol. The fourth-order valence-electron chi connectivity index (χ4n) is 2.37. The van der Waals surface area contributed by atoms with Crippen LogP contribution in [0.1, 0.15) is 0 Å². The molecule has 0 saturated heterocycles. The van der Waals surface area contributed by atoms with Gasteiger partial charge in [0, 0.05) is 30.7 Å². The van der Waals surface area contributed by atoms with E-state index in [0.29, 0.717) is 11.0 Å². The number of aromatic nitrogens is 4. The Kier molecular flexibility index (Phi) is 6.22. The average molecular weight is 398 g/mol. The number of pyridine rings is 1. The van der Waals surface area contributed by atoms with E-state index in [4.69, 9.17) is 4.74 Å². The van der Waals surface area contributed by atoms with E-state index < -0.39 is 11.9 Å². The number of amides is 3. The summed E-state index contributed by atoms with van der Waals surface area (Å²) in [4.78, 5) is 27.2. The maximum Gasteiger partial charge on any atom is 0.321 e. The minimum absolute atomic E-state index is 0.0120. The number of urea groups is 1. The third kappa shape index (κ3) is 4.46. The molecular formula is C18H18N6O3S. The third-order valence-corrected chi connectivity index (χ3v) is 4.64. The van der Waals surface area contributed by atoms with Gasteiger partial charge < -0.3 is 10.1 Å². The molecule has 0 atom stereocenters. The van der Waals surface area contributed by atoms with Gasteiger partial charge in [0.1, 0.15) is 5.75 Å². The molecule has 0 fully saturated rings. The maximum absolute atomic E-state index is 11.9. The van der Waals surface area contributed by atoms with E-state index >= 15 is 0 Å². The van der Waals surface area contributed by atoms with E-state index in [0.717, 1.165) is 17.0 Å². The van der Waals surface area contributed by atoms with Crippen LogP contribution in [0.3, 0.4) is 0 Å². The topological polar surface area (TPSA) is 111 Å². The van der Waals surface area contributed by atoms with Gasteiger partial charge >= 0.3 is 6.03 Å². The van der Waals surface area contributed by atoms with Gasteiger partial charge in [0.2, 0.25) is 5.91 Å². The number of imide groups is 1. The molecule has 0 saturated carbocycles. The van der Waals surface area contributed by atoms with E-state index in [9.17, 15) is 9.59 Å². The summed E-state index contributed by atoms with van der Waals surface area (Å²) in [5.41, 5.74) is 1.65. The Bertz CT molecular complexity index is 959. The van der Waals surface area contributed by atoms with Gasteiger partial charge in [-0.05, 0) is 36.4 Å². The number of thioether (sulfide) groups is 1. The molecule has 144 valence electrons. The fourth-order valence-corrected chi connectivity index (χ4v) is 3.12. The van der Waals surface area contributed by atoms with Gasteiger partial charge in [0.05, 0.1) is 12.9 Å². The van der Waals surface area contributed by atoms with Gasteiger partial charge in [0.25, 0.3) is 0 Å². The molecule has 3 amide bonds. The number of nitrogens with one attached hydrogen (secondary N) is 2. The van der Waals surface area contributed by atoms with Crippen LogP contribution >= 0.6 is 11.8 Å². The number of nitrogens with zero attached hydrogens (tertiary/aromatic N) is 4. The van der Waals surface area contributed by atoms with Crippen LogP contribution < -0.4 is 15.4 Å². The molecule has 0 aliphatic carbocycles. The van der Waals surface area contributed by atoms with Gasteiger partial charge in [-0.3, -0.25) is 19.7 Å². The van der Waals surface area contributed by atoms with Gasteiger partial charge in [0.15, 0.2) is 11.0 Å². The van der Waals surface area contributed by atoms with Crippen molar-refractivity contribution in [3.05, 3.63) is 48.8 Å². The molecule has 0 aliphatic rings. The summed E-state index contributed by atoms with van der Waals surface area (Å²) in [6.45, 7) is 0. The largest absolute Gasteiger partial charge is 0.497 e. The van der Waals surface area contributed by atoms with Crippen LogP contribution in [-0.4, -0.2) is 51.6 Å². The predicted octanol–water partition coefficient (Wildman–Crippen LogP) is 1.89. The molecular weight excluding hydrogens is 380 g/mol. The van der Waals surface area contributed by atoms with Crippen LogP contribution in [0.4, 0.5) is 4.79 Å². The van der Waals surface area contributed by atoms with Crippen LogP contribution in [0.25, 0.3) is 17.1 Å².